The molecule has 3 aromatic rings. The topological polar surface area (TPSA) is 75.3 Å². The van der Waals surface area contributed by atoms with Gasteiger partial charge in [-0.1, -0.05) is 45.7 Å². The number of hydrogen-bond donors (Lipinski definition) is 3. The first kappa shape index (κ1) is 26.4. The first-order chi connectivity index (χ1) is 17.6. The molecule has 0 aliphatic carbocycles. The number of aromatic nitrogens is 1. The average Bonchev–Trinajstić information content (AvgIpc) is 2.85. The molecule has 0 radical (unpaired) electrons. The summed E-state index contributed by atoms with van der Waals surface area (Å²) in [5.74, 6) is 1.22. The first-order valence-electron chi connectivity index (χ1n) is 12.1. The molecular formula is C28H30BrClN4O2. The van der Waals surface area contributed by atoms with Gasteiger partial charge in [0.05, 0.1) is 6.61 Å². The number of hydrogen-bond acceptors (Lipinski definition) is 5. The van der Waals surface area contributed by atoms with Crippen LogP contribution in [0.1, 0.15) is 27.0 Å². The van der Waals surface area contributed by atoms with Gasteiger partial charge in [-0.3, -0.25) is 9.78 Å². The second kappa shape index (κ2) is 13.6. The maximum Gasteiger partial charge on any atom is 0.251 e. The van der Waals surface area contributed by atoms with E-state index in [1.807, 2.05) is 54.6 Å². The fourth-order valence-corrected chi connectivity index (χ4v) is 4.57. The lowest BCUT2D eigenvalue weighted by molar-refractivity contribution is 0.0953. The molecule has 0 bridgehead atoms. The molecule has 188 valence electrons. The zero-order valence-electron chi connectivity index (χ0n) is 20.0. The van der Waals surface area contributed by atoms with E-state index in [1.165, 1.54) is 0 Å². The molecule has 1 aliphatic rings. The molecule has 0 atom stereocenters. The van der Waals surface area contributed by atoms with Crippen molar-refractivity contribution in [3.05, 3.63) is 92.7 Å². The Bertz CT molecular complexity index is 1190. The molecule has 1 aliphatic heterocycles. The van der Waals surface area contributed by atoms with Crippen molar-refractivity contribution >= 4 is 45.6 Å². The van der Waals surface area contributed by atoms with Gasteiger partial charge in [-0.05, 0) is 65.1 Å². The van der Waals surface area contributed by atoms with Crippen molar-refractivity contribution in [1.29, 1.82) is 0 Å². The van der Waals surface area contributed by atoms with Crippen molar-refractivity contribution in [3.8, 4) is 5.75 Å². The molecule has 2 aromatic carbocycles. The van der Waals surface area contributed by atoms with Crippen LogP contribution in [0, 0.1) is 5.92 Å². The van der Waals surface area contributed by atoms with E-state index < -0.39 is 0 Å². The lowest BCUT2D eigenvalue weighted by atomic mass is 10.0. The van der Waals surface area contributed by atoms with E-state index >= 15 is 0 Å². The predicted molar refractivity (Wildman–Crippen MR) is 150 cm³/mol. The lowest BCUT2D eigenvalue weighted by Crippen LogP contribution is -2.48. The highest BCUT2D eigenvalue weighted by atomic mass is 79.9. The number of benzene rings is 2. The number of ether oxygens (including phenoxy) is 1. The minimum Gasteiger partial charge on any atom is -0.493 e. The molecular weight excluding hydrogens is 540 g/mol. The van der Waals surface area contributed by atoms with E-state index in [4.69, 9.17) is 16.3 Å². The van der Waals surface area contributed by atoms with Crippen LogP contribution >= 0.6 is 27.5 Å². The third-order valence-electron chi connectivity index (χ3n) is 5.90. The van der Waals surface area contributed by atoms with Gasteiger partial charge in [0.1, 0.15) is 5.75 Å². The summed E-state index contributed by atoms with van der Waals surface area (Å²) in [4.78, 5) is 17.0. The smallest absolute Gasteiger partial charge is 0.251 e. The second-order valence-corrected chi connectivity index (χ2v) is 10.0. The highest BCUT2D eigenvalue weighted by Crippen LogP contribution is 2.25. The van der Waals surface area contributed by atoms with Crippen molar-refractivity contribution in [1.82, 2.24) is 20.9 Å². The molecule has 36 heavy (non-hydrogen) atoms. The zero-order chi connectivity index (χ0) is 25.2. The molecule has 1 aromatic heterocycles. The number of carbonyl (C=O) groups is 1. The molecule has 1 amide bonds. The number of nitrogens with one attached hydrogen (secondary N) is 3. The van der Waals surface area contributed by atoms with Gasteiger partial charge in [-0.2, -0.15) is 0 Å². The lowest BCUT2D eigenvalue weighted by Gasteiger charge is -2.27. The maximum absolute atomic E-state index is 12.9. The zero-order valence-corrected chi connectivity index (χ0v) is 22.3. The van der Waals surface area contributed by atoms with Gasteiger partial charge in [0.15, 0.2) is 0 Å². The van der Waals surface area contributed by atoms with Crippen LogP contribution < -0.4 is 20.7 Å². The predicted octanol–water partition coefficient (Wildman–Crippen LogP) is 4.83. The molecule has 0 unspecified atom stereocenters. The number of rotatable bonds is 12. The van der Waals surface area contributed by atoms with E-state index in [2.05, 4.69) is 36.9 Å². The van der Waals surface area contributed by atoms with E-state index in [0.29, 0.717) is 35.4 Å². The van der Waals surface area contributed by atoms with Gasteiger partial charge in [-0.15, -0.1) is 0 Å². The number of pyridine rings is 1. The van der Waals surface area contributed by atoms with E-state index in [-0.39, 0.29) is 5.91 Å². The molecule has 1 saturated heterocycles. The highest BCUT2D eigenvalue weighted by molar-refractivity contribution is 9.10. The van der Waals surface area contributed by atoms with Gasteiger partial charge in [0.2, 0.25) is 0 Å². The number of halogens is 2. The Hall–Kier alpha value is -2.71. The molecule has 8 heteroatoms. The third kappa shape index (κ3) is 8.17. The van der Waals surface area contributed by atoms with Crippen LogP contribution in [0.2, 0.25) is 5.02 Å². The number of carbonyl (C=O) groups excluding carboxylic acids is 1. The van der Waals surface area contributed by atoms with Crippen molar-refractivity contribution < 1.29 is 9.53 Å². The van der Waals surface area contributed by atoms with Crippen LogP contribution in [0.5, 0.6) is 5.75 Å². The fraction of sp³-hybridized carbons (Fsp3) is 0.286. The van der Waals surface area contributed by atoms with Crippen molar-refractivity contribution in [2.45, 2.75) is 6.42 Å². The van der Waals surface area contributed by atoms with Crippen molar-refractivity contribution in [2.75, 3.05) is 39.3 Å². The summed E-state index contributed by atoms with van der Waals surface area (Å²) in [7, 11) is 0. The van der Waals surface area contributed by atoms with Gasteiger partial charge >= 0.3 is 0 Å². The fourth-order valence-electron chi connectivity index (χ4n) is 3.76. The van der Waals surface area contributed by atoms with Gasteiger partial charge < -0.3 is 20.7 Å². The maximum atomic E-state index is 12.9. The van der Waals surface area contributed by atoms with Crippen LogP contribution in [0.3, 0.4) is 0 Å². The van der Waals surface area contributed by atoms with Crippen LogP contribution in [0.15, 0.2) is 65.4 Å². The summed E-state index contributed by atoms with van der Waals surface area (Å²) in [5, 5.41) is 10.3. The summed E-state index contributed by atoms with van der Waals surface area (Å²) >= 11 is 9.61. The Morgan fingerprint density at radius 1 is 1.11 bits per heavy atom. The summed E-state index contributed by atoms with van der Waals surface area (Å²) in [6, 6.07) is 15.2. The Labute approximate surface area is 225 Å². The monoisotopic (exact) mass is 568 g/mol. The average molecular weight is 570 g/mol. The van der Waals surface area contributed by atoms with E-state index in [1.54, 1.807) is 18.5 Å². The highest BCUT2D eigenvalue weighted by Gasteiger charge is 2.15. The Balaban J connectivity index is 1.42. The number of amides is 1. The van der Waals surface area contributed by atoms with Gasteiger partial charge in [0, 0.05) is 66.6 Å². The van der Waals surface area contributed by atoms with Crippen molar-refractivity contribution in [3.63, 3.8) is 0 Å². The minimum atomic E-state index is -0.121. The number of nitrogens with zero attached hydrogens (tertiary/aromatic N) is 1. The van der Waals surface area contributed by atoms with Crippen molar-refractivity contribution in [2.24, 2.45) is 5.92 Å². The molecule has 0 saturated carbocycles. The normalized spacial score (nSPS) is 13.5. The Morgan fingerprint density at radius 3 is 2.69 bits per heavy atom. The summed E-state index contributed by atoms with van der Waals surface area (Å²) < 4.78 is 6.94. The summed E-state index contributed by atoms with van der Waals surface area (Å²) in [6.45, 7) is 4.91. The summed E-state index contributed by atoms with van der Waals surface area (Å²) in [6.07, 6.45) is 8.25. The van der Waals surface area contributed by atoms with Gasteiger partial charge in [-0.25, -0.2) is 0 Å². The molecule has 2 heterocycles. The second-order valence-electron chi connectivity index (χ2n) is 8.73. The molecule has 0 spiro atoms. The summed E-state index contributed by atoms with van der Waals surface area (Å²) in [5.41, 5.74) is 3.58. The van der Waals surface area contributed by atoms with E-state index in [9.17, 15) is 4.79 Å². The van der Waals surface area contributed by atoms with Crippen LogP contribution in [0.25, 0.3) is 12.2 Å². The van der Waals surface area contributed by atoms with E-state index in [0.717, 1.165) is 53.8 Å². The van der Waals surface area contributed by atoms with Crippen LogP contribution in [-0.4, -0.2) is 50.2 Å². The van der Waals surface area contributed by atoms with Gasteiger partial charge in [0.25, 0.3) is 5.91 Å². The Kier molecular flexibility index (Phi) is 9.93. The molecule has 1 fully saturated rings. The minimum absolute atomic E-state index is 0.121. The standard InChI is InChI=1S/C28H30BrClN4O2/c29-27-16-25(30)4-3-23(27)2-1-21-13-24(28(35)34-11-10-32-17-22-18-33-19-22)15-26(14-21)36-12-7-20-5-8-31-9-6-20/h1-6,8-9,13-16,22,32-33H,7,10-12,17-19H2,(H,34,35)/b2-1+. The molecule has 3 N–H and O–H groups in total. The first-order valence-corrected chi connectivity index (χ1v) is 13.2. The largest absolute Gasteiger partial charge is 0.493 e. The van der Waals surface area contributed by atoms with Crippen LogP contribution in [0.4, 0.5) is 0 Å². The molecule has 6 nitrogen and oxygen atoms in total. The van der Waals surface area contributed by atoms with Crippen LogP contribution in [-0.2, 0) is 6.42 Å². The third-order valence-corrected chi connectivity index (χ3v) is 6.83. The SMILES string of the molecule is O=C(NCCNCC1CNC1)c1cc(/C=C/c2ccc(Cl)cc2Br)cc(OCCc2ccncc2)c1. The molecule has 4 rings (SSSR count). The quantitative estimate of drug-likeness (QED) is 0.215. The Morgan fingerprint density at radius 2 is 1.94 bits per heavy atom.